The van der Waals surface area contributed by atoms with E-state index in [2.05, 4.69) is 4.72 Å². The SMILES string of the molecule is CC1CC1NS(=O)(=O)c1cc(CN)cs1. The minimum absolute atomic E-state index is 0.124. The molecule has 0 amide bonds. The Morgan fingerprint density at radius 2 is 2.33 bits per heavy atom. The summed E-state index contributed by atoms with van der Waals surface area (Å²) in [5, 5.41) is 1.78. The van der Waals surface area contributed by atoms with E-state index in [-0.39, 0.29) is 6.04 Å². The first-order chi connectivity index (χ1) is 7.03. The van der Waals surface area contributed by atoms with E-state index in [4.69, 9.17) is 5.73 Å². The summed E-state index contributed by atoms with van der Waals surface area (Å²) < 4.78 is 26.7. The van der Waals surface area contributed by atoms with Crippen molar-refractivity contribution in [3.05, 3.63) is 17.0 Å². The van der Waals surface area contributed by atoms with Gasteiger partial charge in [-0.3, -0.25) is 0 Å². The third-order valence-electron chi connectivity index (χ3n) is 2.55. The summed E-state index contributed by atoms with van der Waals surface area (Å²) in [6.45, 7) is 2.42. The van der Waals surface area contributed by atoms with Gasteiger partial charge in [0.2, 0.25) is 10.0 Å². The monoisotopic (exact) mass is 246 g/mol. The molecule has 4 nitrogen and oxygen atoms in total. The minimum atomic E-state index is -3.31. The average molecular weight is 246 g/mol. The second kappa shape index (κ2) is 3.86. The molecule has 84 valence electrons. The highest BCUT2D eigenvalue weighted by Gasteiger charge is 2.36. The van der Waals surface area contributed by atoms with Crippen molar-refractivity contribution in [2.24, 2.45) is 11.7 Å². The number of rotatable bonds is 4. The lowest BCUT2D eigenvalue weighted by Gasteiger charge is -2.02. The van der Waals surface area contributed by atoms with Gasteiger partial charge in [0.1, 0.15) is 4.21 Å². The Kier molecular flexibility index (Phi) is 2.85. The predicted molar refractivity (Wildman–Crippen MR) is 60.1 cm³/mol. The largest absolute Gasteiger partial charge is 0.326 e. The van der Waals surface area contributed by atoms with Crippen molar-refractivity contribution >= 4 is 21.4 Å². The molecule has 1 aromatic rings. The number of hydrogen-bond acceptors (Lipinski definition) is 4. The third kappa shape index (κ3) is 2.39. The van der Waals surface area contributed by atoms with Crippen LogP contribution in [0.25, 0.3) is 0 Å². The summed E-state index contributed by atoms with van der Waals surface area (Å²) in [5.41, 5.74) is 6.30. The summed E-state index contributed by atoms with van der Waals surface area (Å²) in [4.78, 5) is 0. The third-order valence-corrected chi connectivity index (χ3v) is 5.52. The number of thiophene rings is 1. The quantitative estimate of drug-likeness (QED) is 0.829. The highest BCUT2D eigenvalue weighted by molar-refractivity contribution is 7.91. The molecule has 0 aliphatic heterocycles. The van der Waals surface area contributed by atoms with Crippen LogP contribution >= 0.6 is 11.3 Å². The fourth-order valence-corrected chi connectivity index (χ4v) is 3.94. The van der Waals surface area contributed by atoms with Gasteiger partial charge in [-0.15, -0.1) is 11.3 Å². The van der Waals surface area contributed by atoms with Crippen LogP contribution in [0.5, 0.6) is 0 Å². The molecular weight excluding hydrogens is 232 g/mol. The van der Waals surface area contributed by atoms with E-state index in [0.29, 0.717) is 16.7 Å². The molecule has 1 aliphatic rings. The molecule has 1 aliphatic carbocycles. The van der Waals surface area contributed by atoms with Crippen LogP contribution in [0.2, 0.25) is 0 Å². The highest BCUT2D eigenvalue weighted by atomic mass is 32.2. The van der Waals surface area contributed by atoms with Crippen LogP contribution in [0, 0.1) is 5.92 Å². The normalized spacial score (nSPS) is 25.5. The smallest absolute Gasteiger partial charge is 0.250 e. The van der Waals surface area contributed by atoms with Crippen LogP contribution in [-0.2, 0) is 16.6 Å². The maximum atomic E-state index is 11.8. The van der Waals surface area contributed by atoms with E-state index in [0.717, 1.165) is 12.0 Å². The van der Waals surface area contributed by atoms with Gasteiger partial charge in [-0.25, -0.2) is 13.1 Å². The Balaban J connectivity index is 2.14. The van der Waals surface area contributed by atoms with Gasteiger partial charge in [0.15, 0.2) is 0 Å². The van der Waals surface area contributed by atoms with Crippen molar-refractivity contribution in [1.82, 2.24) is 4.72 Å². The topological polar surface area (TPSA) is 72.2 Å². The van der Waals surface area contributed by atoms with Crippen molar-refractivity contribution in [3.63, 3.8) is 0 Å². The molecule has 0 bridgehead atoms. The van der Waals surface area contributed by atoms with Crippen molar-refractivity contribution in [1.29, 1.82) is 0 Å². The van der Waals surface area contributed by atoms with E-state index < -0.39 is 10.0 Å². The van der Waals surface area contributed by atoms with Crippen molar-refractivity contribution in [2.45, 2.75) is 30.1 Å². The molecule has 0 aromatic carbocycles. The molecule has 0 saturated heterocycles. The van der Waals surface area contributed by atoms with Crippen LogP contribution in [0.1, 0.15) is 18.9 Å². The van der Waals surface area contributed by atoms with Crippen LogP contribution < -0.4 is 10.5 Å². The van der Waals surface area contributed by atoms with Gasteiger partial charge in [0.25, 0.3) is 0 Å². The molecular formula is C9H14N2O2S2. The first-order valence-corrected chi connectivity index (χ1v) is 7.19. The molecule has 1 saturated carbocycles. The van der Waals surface area contributed by atoms with Gasteiger partial charge in [-0.05, 0) is 29.3 Å². The molecule has 6 heteroatoms. The van der Waals surface area contributed by atoms with E-state index in [1.54, 1.807) is 11.4 Å². The van der Waals surface area contributed by atoms with E-state index in [1.807, 2.05) is 6.92 Å². The van der Waals surface area contributed by atoms with Crippen molar-refractivity contribution < 1.29 is 8.42 Å². The van der Waals surface area contributed by atoms with E-state index >= 15 is 0 Å². The Hall–Kier alpha value is -0.430. The molecule has 3 N–H and O–H groups in total. The molecule has 2 atom stereocenters. The molecule has 2 unspecified atom stereocenters. The van der Waals surface area contributed by atoms with Gasteiger partial charge in [0.05, 0.1) is 0 Å². The van der Waals surface area contributed by atoms with Crippen molar-refractivity contribution in [3.8, 4) is 0 Å². The minimum Gasteiger partial charge on any atom is -0.326 e. The van der Waals surface area contributed by atoms with Crippen LogP contribution in [0.4, 0.5) is 0 Å². The first-order valence-electron chi connectivity index (χ1n) is 4.83. The zero-order valence-corrected chi connectivity index (χ0v) is 10.1. The van der Waals surface area contributed by atoms with Crippen LogP contribution in [0.15, 0.2) is 15.7 Å². The summed E-state index contributed by atoms with van der Waals surface area (Å²) in [5.74, 6) is 0.466. The second-order valence-electron chi connectivity index (χ2n) is 3.92. The molecule has 0 radical (unpaired) electrons. The van der Waals surface area contributed by atoms with Gasteiger partial charge >= 0.3 is 0 Å². The zero-order valence-electron chi connectivity index (χ0n) is 8.43. The zero-order chi connectivity index (χ0) is 11.1. The van der Waals surface area contributed by atoms with Gasteiger partial charge < -0.3 is 5.73 Å². The van der Waals surface area contributed by atoms with E-state index in [1.165, 1.54) is 11.3 Å². The van der Waals surface area contributed by atoms with Gasteiger partial charge in [0, 0.05) is 12.6 Å². The number of nitrogens with one attached hydrogen (secondary N) is 1. The van der Waals surface area contributed by atoms with Crippen LogP contribution in [-0.4, -0.2) is 14.5 Å². The summed E-state index contributed by atoms with van der Waals surface area (Å²) >= 11 is 1.22. The summed E-state index contributed by atoms with van der Waals surface area (Å²) in [7, 11) is -3.31. The standard InChI is InChI=1S/C9H14N2O2S2/c1-6-2-8(6)11-15(12,13)9-3-7(4-10)5-14-9/h3,5-6,8,11H,2,4,10H2,1H3. The summed E-state index contributed by atoms with van der Waals surface area (Å²) in [6.07, 6.45) is 0.939. The fourth-order valence-electron chi connectivity index (χ4n) is 1.34. The Bertz CT molecular complexity index is 452. The van der Waals surface area contributed by atoms with Crippen LogP contribution in [0.3, 0.4) is 0 Å². The molecule has 1 fully saturated rings. The number of nitrogens with two attached hydrogens (primary N) is 1. The molecule has 15 heavy (non-hydrogen) atoms. The van der Waals surface area contributed by atoms with Gasteiger partial charge in [-0.1, -0.05) is 6.92 Å². The highest BCUT2D eigenvalue weighted by Crippen LogP contribution is 2.31. The van der Waals surface area contributed by atoms with Crippen molar-refractivity contribution in [2.75, 3.05) is 0 Å². The molecule has 1 heterocycles. The lowest BCUT2D eigenvalue weighted by molar-refractivity contribution is 0.580. The van der Waals surface area contributed by atoms with E-state index in [9.17, 15) is 8.42 Å². The molecule has 1 aromatic heterocycles. The Morgan fingerprint density at radius 1 is 1.67 bits per heavy atom. The van der Waals surface area contributed by atoms with Gasteiger partial charge in [-0.2, -0.15) is 0 Å². The second-order valence-corrected chi connectivity index (χ2v) is 6.77. The number of hydrogen-bond donors (Lipinski definition) is 2. The molecule has 0 spiro atoms. The Labute approximate surface area is 93.5 Å². The maximum absolute atomic E-state index is 11.8. The summed E-state index contributed by atoms with van der Waals surface area (Å²) in [6, 6.07) is 1.76. The average Bonchev–Trinajstić information content (AvgIpc) is 2.72. The lowest BCUT2D eigenvalue weighted by atomic mass is 10.4. The predicted octanol–water partition coefficient (Wildman–Crippen LogP) is 0.894. The fraction of sp³-hybridized carbons (Fsp3) is 0.556. The molecule has 2 rings (SSSR count). The Morgan fingerprint density at radius 3 is 2.80 bits per heavy atom. The maximum Gasteiger partial charge on any atom is 0.250 e. The lowest BCUT2D eigenvalue weighted by Crippen LogP contribution is -2.26. The first kappa shape index (κ1) is 11.1. The number of sulfonamides is 1.